The van der Waals surface area contributed by atoms with Gasteiger partial charge in [-0.3, -0.25) is 0 Å². The Bertz CT molecular complexity index is 500. The van der Waals surface area contributed by atoms with Crippen molar-refractivity contribution >= 4 is 10.8 Å². The first-order valence-corrected chi connectivity index (χ1v) is 7.63. The Morgan fingerprint density at radius 3 is 1.70 bits per heavy atom. The minimum Gasteiger partial charge on any atom is -0.508 e. The van der Waals surface area contributed by atoms with Crippen LogP contribution in [0, 0.1) is 0 Å². The molecule has 2 heteroatoms. The third-order valence-electron chi connectivity index (χ3n) is 4.42. The van der Waals surface area contributed by atoms with Crippen LogP contribution in [-0.2, 0) is 0 Å². The Kier molecular flexibility index (Phi) is 6.53. The number of hydrogen-bond donors (Lipinski definition) is 1. The Morgan fingerprint density at radius 1 is 0.750 bits per heavy atom. The molecule has 0 saturated heterocycles. The SMILES string of the molecule is CC[N+](CC)(CC)CC.Oc1ccc2ccccc2c1. The first kappa shape index (κ1) is 16.5. The number of phenols is 1. The monoisotopic (exact) mass is 274 g/mol. The van der Waals surface area contributed by atoms with Crippen LogP contribution >= 0.6 is 0 Å². The van der Waals surface area contributed by atoms with Gasteiger partial charge >= 0.3 is 0 Å². The zero-order valence-electron chi connectivity index (χ0n) is 13.3. The first-order valence-electron chi connectivity index (χ1n) is 7.63. The van der Waals surface area contributed by atoms with Gasteiger partial charge in [-0.2, -0.15) is 0 Å². The summed E-state index contributed by atoms with van der Waals surface area (Å²) in [5, 5.41) is 11.4. The number of nitrogens with zero attached hydrogens (tertiary/aromatic N) is 1. The number of rotatable bonds is 4. The van der Waals surface area contributed by atoms with E-state index in [2.05, 4.69) is 27.7 Å². The lowest BCUT2D eigenvalue weighted by Gasteiger charge is -2.34. The van der Waals surface area contributed by atoms with Gasteiger partial charge in [-0.25, -0.2) is 0 Å². The molecule has 2 rings (SSSR count). The maximum Gasteiger partial charge on any atom is 0.116 e. The van der Waals surface area contributed by atoms with Crippen LogP contribution in [0.2, 0.25) is 0 Å². The fourth-order valence-electron chi connectivity index (χ4n) is 2.52. The van der Waals surface area contributed by atoms with Gasteiger partial charge in [0.2, 0.25) is 0 Å². The van der Waals surface area contributed by atoms with Gasteiger partial charge in [-0.1, -0.05) is 30.3 Å². The molecule has 0 saturated carbocycles. The summed E-state index contributed by atoms with van der Waals surface area (Å²) >= 11 is 0. The summed E-state index contributed by atoms with van der Waals surface area (Å²) in [6.07, 6.45) is 0. The van der Waals surface area contributed by atoms with E-state index in [9.17, 15) is 0 Å². The van der Waals surface area contributed by atoms with E-state index in [1.807, 2.05) is 30.3 Å². The van der Waals surface area contributed by atoms with E-state index < -0.39 is 0 Å². The van der Waals surface area contributed by atoms with Crippen LogP contribution in [-0.4, -0.2) is 35.8 Å². The highest BCUT2D eigenvalue weighted by Crippen LogP contribution is 2.18. The van der Waals surface area contributed by atoms with E-state index in [0.717, 1.165) is 10.8 Å². The summed E-state index contributed by atoms with van der Waals surface area (Å²) < 4.78 is 1.28. The Labute approximate surface area is 123 Å². The van der Waals surface area contributed by atoms with Crippen molar-refractivity contribution in [1.29, 1.82) is 0 Å². The fraction of sp³-hybridized carbons (Fsp3) is 0.444. The highest BCUT2D eigenvalue weighted by molar-refractivity contribution is 5.83. The van der Waals surface area contributed by atoms with Crippen molar-refractivity contribution < 1.29 is 9.59 Å². The van der Waals surface area contributed by atoms with Crippen LogP contribution in [0.3, 0.4) is 0 Å². The summed E-state index contributed by atoms with van der Waals surface area (Å²) in [4.78, 5) is 0. The average molecular weight is 274 g/mol. The van der Waals surface area contributed by atoms with E-state index in [1.165, 1.54) is 30.7 Å². The lowest BCUT2D eigenvalue weighted by atomic mass is 10.1. The largest absolute Gasteiger partial charge is 0.508 e. The second-order valence-electron chi connectivity index (χ2n) is 5.14. The predicted molar refractivity (Wildman–Crippen MR) is 88.0 cm³/mol. The Morgan fingerprint density at radius 2 is 1.25 bits per heavy atom. The van der Waals surface area contributed by atoms with Gasteiger partial charge in [0.25, 0.3) is 0 Å². The molecule has 0 spiro atoms. The van der Waals surface area contributed by atoms with Crippen molar-refractivity contribution in [3.63, 3.8) is 0 Å². The Hall–Kier alpha value is -1.54. The van der Waals surface area contributed by atoms with Gasteiger partial charge in [-0.15, -0.1) is 0 Å². The standard InChI is InChI=1S/C10H8O.C8H20N/c11-10-6-5-8-3-1-2-4-9(8)7-10;1-5-9(6-2,7-3)8-4/h1-7,11H;5-8H2,1-4H3/q;+1. The minimum atomic E-state index is 0.323. The normalized spacial score (nSPS) is 11.0. The lowest BCUT2D eigenvalue weighted by molar-refractivity contribution is -0.921. The first-order chi connectivity index (χ1) is 9.60. The molecule has 110 valence electrons. The summed E-state index contributed by atoms with van der Waals surface area (Å²) in [7, 11) is 0. The third kappa shape index (κ3) is 4.24. The summed E-state index contributed by atoms with van der Waals surface area (Å²) in [6, 6.07) is 13.3. The highest BCUT2D eigenvalue weighted by atomic mass is 16.3. The minimum absolute atomic E-state index is 0.323. The van der Waals surface area contributed by atoms with Crippen molar-refractivity contribution in [3.05, 3.63) is 42.5 Å². The van der Waals surface area contributed by atoms with Gasteiger partial charge in [0, 0.05) is 0 Å². The van der Waals surface area contributed by atoms with E-state index in [-0.39, 0.29) is 0 Å². The number of hydrogen-bond acceptors (Lipinski definition) is 1. The van der Waals surface area contributed by atoms with E-state index in [4.69, 9.17) is 5.11 Å². The molecule has 2 aromatic carbocycles. The van der Waals surface area contributed by atoms with Gasteiger partial charge in [-0.05, 0) is 50.6 Å². The van der Waals surface area contributed by atoms with Crippen LogP contribution in [0.25, 0.3) is 10.8 Å². The number of fused-ring (bicyclic) bond motifs is 1. The zero-order chi connectivity index (χ0) is 15.0. The molecule has 2 aromatic rings. The summed E-state index contributed by atoms with van der Waals surface area (Å²) in [6.45, 7) is 14.2. The second kappa shape index (κ2) is 7.91. The number of benzene rings is 2. The molecule has 0 heterocycles. The summed E-state index contributed by atoms with van der Waals surface area (Å²) in [5.41, 5.74) is 0. The van der Waals surface area contributed by atoms with Crippen molar-refractivity contribution in [2.45, 2.75) is 27.7 Å². The van der Waals surface area contributed by atoms with Crippen LogP contribution in [0.15, 0.2) is 42.5 Å². The van der Waals surface area contributed by atoms with Crippen molar-refractivity contribution in [2.75, 3.05) is 26.2 Å². The Balaban J connectivity index is 0.000000206. The maximum atomic E-state index is 9.13. The van der Waals surface area contributed by atoms with Gasteiger partial charge in [0.1, 0.15) is 5.75 Å². The van der Waals surface area contributed by atoms with Crippen LogP contribution in [0.5, 0.6) is 5.75 Å². The molecule has 0 aromatic heterocycles. The molecule has 0 aliphatic carbocycles. The van der Waals surface area contributed by atoms with Crippen molar-refractivity contribution in [2.24, 2.45) is 0 Å². The number of phenolic OH excluding ortho intramolecular Hbond substituents is 1. The highest BCUT2D eigenvalue weighted by Gasteiger charge is 2.16. The summed E-state index contributed by atoms with van der Waals surface area (Å²) in [5.74, 6) is 0.323. The van der Waals surface area contributed by atoms with E-state index >= 15 is 0 Å². The molecule has 0 bridgehead atoms. The molecule has 20 heavy (non-hydrogen) atoms. The predicted octanol–water partition coefficient (Wildman–Crippen LogP) is 4.43. The molecule has 0 fully saturated rings. The molecule has 0 radical (unpaired) electrons. The molecule has 0 aliphatic rings. The third-order valence-corrected chi connectivity index (χ3v) is 4.42. The quantitative estimate of drug-likeness (QED) is 0.818. The zero-order valence-corrected chi connectivity index (χ0v) is 13.3. The van der Waals surface area contributed by atoms with Crippen molar-refractivity contribution in [3.8, 4) is 5.75 Å². The lowest BCUT2D eigenvalue weighted by Crippen LogP contribution is -2.47. The van der Waals surface area contributed by atoms with Gasteiger partial charge in [0.15, 0.2) is 0 Å². The van der Waals surface area contributed by atoms with Crippen molar-refractivity contribution in [1.82, 2.24) is 0 Å². The van der Waals surface area contributed by atoms with E-state index in [0.29, 0.717) is 5.75 Å². The molecule has 0 aliphatic heterocycles. The average Bonchev–Trinajstić information content (AvgIpc) is 2.51. The van der Waals surface area contributed by atoms with Crippen LogP contribution < -0.4 is 0 Å². The van der Waals surface area contributed by atoms with E-state index in [1.54, 1.807) is 12.1 Å². The molecule has 0 amide bonds. The second-order valence-corrected chi connectivity index (χ2v) is 5.14. The number of aromatic hydroxyl groups is 1. The fourth-order valence-corrected chi connectivity index (χ4v) is 2.52. The molecule has 0 unspecified atom stereocenters. The van der Waals surface area contributed by atoms with Gasteiger partial charge in [0.05, 0.1) is 26.2 Å². The molecule has 1 N–H and O–H groups in total. The molecule has 0 atom stereocenters. The molecular formula is C18H28NO+. The van der Waals surface area contributed by atoms with Gasteiger partial charge < -0.3 is 9.59 Å². The van der Waals surface area contributed by atoms with Crippen LogP contribution in [0.1, 0.15) is 27.7 Å². The smallest absolute Gasteiger partial charge is 0.116 e. The maximum absolute atomic E-state index is 9.13. The molecular weight excluding hydrogens is 246 g/mol. The van der Waals surface area contributed by atoms with Crippen LogP contribution in [0.4, 0.5) is 0 Å². The topological polar surface area (TPSA) is 20.2 Å². The number of quaternary nitrogens is 1. The molecule has 2 nitrogen and oxygen atoms in total.